The van der Waals surface area contributed by atoms with Crippen LogP contribution in [0.15, 0.2) is 24.3 Å². The van der Waals surface area contributed by atoms with Gasteiger partial charge in [0.2, 0.25) is 7.37 Å². The minimum atomic E-state index is -3.02. The molecule has 0 aliphatic rings. The summed E-state index contributed by atoms with van der Waals surface area (Å²) in [6, 6.07) is 7.87. The Labute approximate surface area is 105 Å². The average molecular weight is 254 g/mol. The lowest BCUT2D eigenvalue weighted by Crippen LogP contribution is -2.04. The van der Waals surface area contributed by atoms with Gasteiger partial charge < -0.3 is 4.89 Å². The van der Waals surface area contributed by atoms with Crippen LogP contribution in [0.2, 0.25) is 0 Å². The zero-order valence-corrected chi connectivity index (χ0v) is 11.9. The summed E-state index contributed by atoms with van der Waals surface area (Å²) in [6.07, 6.45) is 2.85. The van der Waals surface area contributed by atoms with Gasteiger partial charge in [-0.2, -0.15) is 0 Å². The maximum atomic E-state index is 12.1. The highest BCUT2D eigenvalue weighted by Crippen LogP contribution is 2.46. The van der Waals surface area contributed by atoms with E-state index in [4.69, 9.17) is 0 Å². The number of rotatable bonds is 6. The Hall–Kier alpha value is -0.590. The molecular weight excluding hydrogens is 231 g/mol. The Morgan fingerprint density at radius 1 is 1.41 bits per heavy atom. The van der Waals surface area contributed by atoms with E-state index in [2.05, 4.69) is 13.8 Å². The highest BCUT2D eigenvalue weighted by atomic mass is 31.2. The van der Waals surface area contributed by atoms with E-state index in [1.807, 2.05) is 31.2 Å². The van der Waals surface area contributed by atoms with Crippen LogP contribution in [0.3, 0.4) is 0 Å². The quantitative estimate of drug-likeness (QED) is 0.772. The first-order chi connectivity index (χ1) is 7.93. The molecule has 3 heteroatoms. The summed E-state index contributed by atoms with van der Waals surface area (Å²) in [5.74, 6) is 0.334. The molecule has 96 valence electrons. The molecule has 0 saturated heterocycles. The Bertz CT molecular complexity index is 401. The molecule has 0 spiro atoms. The van der Waals surface area contributed by atoms with Gasteiger partial charge in [0.15, 0.2) is 0 Å². The third kappa shape index (κ3) is 5.52. The highest BCUT2D eigenvalue weighted by molar-refractivity contribution is 7.57. The van der Waals surface area contributed by atoms with Gasteiger partial charge >= 0.3 is 0 Å². The van der Waals surface area contributed by atoms with Gasteiger partial charge in [-0.15, -0.1) is 0 Å². The largest absolute Gasteiger partial charge is 0.344 e. The van der Waals surface area contributed by atoms with Crippen LogP contribution in [-0.2, 0) is 10.7 Å². The molecule has 1 aromatic carbocycles. The molecule has 0 bridgehead atoms. The smallest absolute Gasteiger partial charge is 0.205 e. The molecule has 0 saturated carbocycles. The van der Waals surface area contributed by atoms with Gasteiger partial charge in [0.25, 0.3) is 0 Å². The number of hydrogen-bond donors (Lipinski definition) is 1. The minimum absolute atomic E-state index is 0.308. The lowest BCUT2D eigenvalue weighted by molar-refractivity contribution is 0.457. The van der Waals surface area contributed by atoms with Crippen molar-refractivity contribution in [2.45, 2.75) is 39.8 Å². The second kappa shape index (κ2) is 6.37. The first-order valence-corrected chi connectivity index (χ1v) is 8.32. The van der Waals surface area contributed by atoms with Crippen LogP contribution < -0.4 is 0 Å². The van der Waals surface area contributed by atoms with Crippen LogP contribution in [0, 0.1) is 12.8 Å². The molecule has 2 atom stereocenters. The van der Waals surface area contributed by atoms with E-state index < -0.39 is 7.37 Å². The fourth-order valence-electron chi connectivity index (χ4n) is 2.23. The Morgan fingerprint density at radius 2 is 2.12 bits per heavy atom. The van der Waals surface area contributed by atoms with Crippen LogP contribution in [-0.4, -0.2) is 11.1 Å². The van der Waals surface area contributed by atoms with Crippen LogP contribution >= 0.6 is 7.37 Å². The molecule has 1 N–H and O–H groups in total. The minimum Gasteiger partial charge on any atom is -0.344 e. The first-order valence-electron chi connectivity index (χ1n) is 6.29. The highest BCUT2D eigenvalue weighted by Gasteiger charge is 2.21. The first kappa shape index (κ1) is 14.5. The summed E-state index contributed by atoms with van der Waals surface area (Å²) in [4.78, 5) is 10.0. The molecule has 0 aliphatic carbocycles. The zero-order chi connectivity index (χ0) is 12.9. The summed E-state index contributed by atoms with van der Waals surface area (Å²) in [5, 5.41) is 0. The average Bonchev–Trinajstić information content (AvgIpc) is 2.15. The van der Waals surface area contributed by atoms with Crippen molar-refractivity contribution in [3.63, 3.8) is 0 Å². The zero-order valence-electron chi connectivity index (χ0n) is 11.0. The topological polar surface area (TPSA) is 37.3 Å². The number of hydrogen-bond acceptors (Lipinski definition) is 1. The van der Waals surface area contributed by atoms with Gasteiger partial charge in [-0.05, 0) is 18.4 Å². The van der Waals surface area contributed by atoms with Crippen LogP contribution in [0.5, 0.6) is 0 Å². The molecule has 0 aliphatic heterocycles. The van der Waals surface area contributed by atoms with E-state index in [-0.39, 0.29) is 0 Å². The Morgan fingerprint density at radius 3 is 2.71 bits per heavy atom. The van der Waals surface area contributed by atoms with Crippen molar-refractivity contribution in [2.24, 2.45) is 5.92 Å². The molecule has 0 radical (unpaired) electrons. The fourth-order valence-corrected chi connectivity index (χ4v) is 4.28. The summed E-state index contributed by atoms with van der Waals surface area (Å²) < 4.78 is 12.1. The lowest BCUT2D eigenvalue weighted by atomic mass is 10.1. The van der Waals surface area contributed by atoms with Gasteiger partial charge in [-0.3, -0.25) is 4.57 Å². The molecule has 0 fully saturated rings. The molecular formula is C14H23O2P. The molecule has 2 unspecified atom stereocenters. The molecule has 17 heavy (non-hydrogen) atoms. The van der Waals surface area contributed by atoms with Crippen LogP contribution in [0.1, 0.15) is 37.8 Å². The third-order valence-electron chi connectivity index (χ3n) is 2.89. The Balaban J connectivity index is 2.63. The van der Waals surface area contributed by atoms with Crippen molar-refractivity contribution in [1.29, 1.82) is 0 Å². The van der Waals surface area contributed by atoms with Gasteiger partial charge in [-0.1, -0.05) is 56.5 Å². The molecule has 1 aromatic rings. The van der Waals surface area contributed by atoms with Crippen LogP contribution in [0.25, 0.3) is 0 Å². The molecule has 0 heterocycles. The van der Waals surface area contributed by atoms with Gasteiger partial charge in [0, 0.05) is 12.3 Å². The van der Waals surface area contributed by atoms with Gasteiger partial charge in [0.05, 0.1) is 0 Å². The van der Waals surface area contributed by atoms with Crippen molar-refractivity contribution in [1.82, 2.24) is 0 Å². The second-order valence-corrected chi connectivity index (χ2v) is 7.44. The van der Waals surface area contributed by atoms with E-state index in [1.165, 1.54) is 0 Å². The molecule has 1 rings (SSSR count). The predicted octanol–water partition coefficient (Wildman–Crippen LogP) is 4.20. The maximum Gasteiger partial charge on any atom is 0.205 e. The van der Waals surface area contributed by atoms with Gasteiger partial charge in [-0.25, -0.2) is 0 Å². The summed E-state index contributed by atoms with van der Waals surface area (Å²) in [6.45, 7) is 6.17. The monoisotopic (exact) mass is 254 g/mol. The van der Waals surface area contributed by atoms with Crippen molar-refractivity contribution < 1.29 is 9.46 Å². The van der Waals surface area contributed by atoms with Crippen molar-refractivity contribution in [3.05, 3.63) is 35.4 Å². The normalized spacial score (nSPS) is 16.5. The number of aryl methyl sites for hydroxylation is 1. The van der Waals surface area contributed by atoms with E-state index >= 15 is 0 Å². The summed E-state index contributed by atoms with van der Waals surface area (Å²) >= 11 is 0. The SMILES string of the molecule is CCCC(C)CP(=O)(O)Cc1cccc(C)c1. The van der Waals surface area contributed by atoms with Gasteiger partial charge in [0.1, 0.15) is 0 Å². The second-order valence-electron chi connectivity index (χ2n) is 5.07. The lowest BCUT2D eigenvalue weighted by Gasteiger charge is -2.16. The van der Waals surface area contributed by atoms with E-state index in [9.17, 15) is 9.46 Å². The number of benzene rings is 1. The molecule has 0 amide bonds. The van der Waals surface area contributed by atoms with E-state index in [1.54, 1.807) is 0 Å². The fraction of sp³-hybridized carbons (Fsp3) is 0.571. The molecule has 2 nitrogen and oxygen atoms in total. The maximum absolute atomic E-state index is 12.1. The van der Waals surface area contributed by atoms with E-state index in [0.29, 0.717) is 18.2 Å². The molecule has 0 aromatic heterocycles. The van der Waals surface area contributed by atoms with Crippen LogP contribution in [0.4, 0.5) is 0 Å². The summed E-state index contributed by atoms with van der Waals surface area (Å²) in [5.41, 5.74) is 2.11. The standard InChI is InChI=1S/C14H23O2P/c1-4-6-13(3)10-17(15,16)11-14-8-5-7-12(2)9-14/h5,7-9,13H,4,6,10-11H2,1-3H3,(H,15,16). The van der Waals surface area contributed by atoms with Crippen molar-refractivity contribution >= 4 is 7.37 Å². The van der Waals surface area contributed by atoms with Crippen molar-refractivity contribution in [3.8, 4) is 0 Å². The predicted molar refractivity (Wildman–Crippen MR) is 73.6 cm³/mol. The summed E-state index contributed by atoms with van der Waals surface area (Å²) in [7, 11) is -3.02. The van der Waals surface area contributed by atoms with E-state index in [0.717, 1.165) is 24.0 Å². The van der Waals surface area contributed by atoms with Crippen molar-refractivity contribution in [2.75, 3.05) is 6.16 Å². The Kier molecular flexibility index (Phi) is 5.42. The third-order valence-corrected chi connectivity index (χ3v) is 4.94.